The Hall–Kier alpha value is -2.47. The van der Waals surface area contributed by atoms with Crippen LogP contribution in [0.1, 0.15) is 43.2 Å². The predicted octanol–water partition coefficient (Wildman–Crippen LogP) is 3.06. The van der Waals surface area contributed by atoms with Crippen LogP contribution in [0, 0.1) is 0 Å². The average Bonchev–Trinajstić information content (AvgIpc) is 2.73. The van der Waals surface area contributed by atoms with Crippen molar-refractivity contribution in [2.75, 3.05) is 31.6 Å². The summed E-state index contributed by atoms with van der Waals surface area (Å²) < 4.78 is 0. The number of carbonyl (C=O) groups is 1. The molecule has 1 aliphatic rings. The summed E-state index contributed by atoms with van der Waals surface area (Å²) >= 11 is 0. The fourth-order valence-corrected chi connectivity index (χ4v) is 3.83. The first-order valence-electron chi connectivity index (χ1n) is 10.1. The van der Waals surface area contributed by atoms with Crippen LogP contribution in [0.25, 0.3) is 0 Å². The third-order valence-corrected chi connectivity index (χ3v) is 5.46. The Morgan fingerprint density at radius 2 is 2.04 bits per heavy atom. The molecule has 0 N–H and O–H groups in total. The molecule has 0 unspecified atom stereocenters. The minimum atomic E-state index is 0.0771. The molecule has 0 aromatic carbocycles. The summed E-state index contributed by atoms with van der Waals surface area (Å²) in [4.78, 5) is 28.3. The van der Waals surface area contributed by atoms with Crippen LogP contribution in [0.3, 0.4) is 0 Å². The van der Waals surface area contributed by atoms with Gasteiger partial charge in [0.2, 0.25) is 0 Å². The molecule has 1 saturated heterocycles. The van der Waals surface area contributed by atoms with Gasteiger partial charge >= 0.3 is 0 Å². The maximum Gasteiger partial charge on any atom is 0.255 e. The lowest BCUT2D eigenvalue weighted by molar-refractivity contribution is 0.0371. The van der Waals surface area contributed by atoms with Crippen molar-refractivity contribution in [1.82, 2.24) is 19.8 Å². The molecule has 3 rings (SSSR count). The molecule has 6 heteroatoms. The van der Waals surface area contributed by atoms with E-state index < -0.39 is 0 Å². The number of carbonyl (C=O) groups excluding carboxylic acids is 1. The van der Waals surface area contributed by atoms with E-state index in [1.54, 1.807) is 12.4 Å². The number of piperazine rings is 1. The SMILES string of the molecule is CC[C@@H]1CN(C(=O)c2ccc(N(C)Cc3ccccn3)nc2)CCN1C(C)C. The first-order valence-corrected chi connectivity index (χ1v) is 10.1. The monoisotopic (exact) mass is 381 g/mol. The van der Waals surface area contributed by atoms with Crippen molar-refractivity contribution in [3.05, 3.63) is 54.0 Å². The van der Waals surface area contributed by atoms with Gasteiger partial charge in [0.05, 0.1) is 17.8 Å². The lowest BCUT2D eigenvalue weighted by Gasteiger charge is -2.43. The van der Waals surface area contributed by atoms with E-state index in [-0.39, 0.29) is 5.91 Å². The predicted molar refractivity (Wildman–Crippen MR) is 112 cm³/mol. The zero-order valence-electron chi connectivity index (χ0n) is 17.4. The van der Waals surface area contributed by atoms with Crippen LogP contribution >= 0.6 is 0 Å². The van der Waals surface area contributed by atoms with E-state index in [4.69, 9.17) is 0 Å². The third kappa shape index (κ3) is 4.68. The van der Waals surface area contributed by atoms with Crippen LogP contribution in [0.4, 0.5) is 5.82 Å². The van der Waals surface area contributed by atoms with Gasteiger partial charge in [-0.05, 0) is 44.5 Å². The van der Waals surface area contributed by atoms with Gasteiger partial charge in [-0.1, -0.05) is 13.0 Å². The van der Waals surface area contributed by atoms with E-state index >= 15 is 0 Å². The Labute approximate surface area is 168 Å². The second-order valence-electron chi connectivity index (χ2n) is 7.73. The molecule has 28 heavy (non-hydrogen) atoms. The zero-order chi connectivity index (χ0) is 20.1. The molecule has 0 bridgehead atoms. The normalized spacial score (nSPS) is 17.8. The standard InChI is InChI=1S/C22H31N5O/c1-5-20-16-26(12-13-27(20)17(2)3)22(28)18-9-10-21(24-14-18)25(4)15-19-8-6-7-11-23-19/h6-11,14,17,20H,5,12-13,15-16H2,1-4H3/t20-/m1/s1. The minimum absolute atomic E-state index is 0.0771. The number of pyridine rings is 2. The fourth-order valence-electron chi connectivity index (χ4n) is 3.83. The van der Waals surface area contributed by atoms with E-state index in [1.807, 2.05) is 47.2 Å². The molecular formula is C22H31N5O. The smallest absolute Gasteiger partial charge is 0.255 e. The van der Waals surface area contributed by atoms with Gasteiger partial charge in [-0.3, -0.25) is 14.7 Å². The first-order chi connectivity index (χ1) is 13.5. The summed E-state index contributed by atoms with van der Waals surface area (Å²) in [6.07, 6.45) is 4.54. The topological polar surface area (TPSA) is 52.6 Å². The molecule has 1 aliphatic heterocycles. The molecule has 6 nitrogen and oxygen atoms in total. The summed E-state index contributed by atoms with van der Waals surface area (Å²) in [5.74, 6) is 0.909. The van der Waals surface area contributed by atoms with Crippen molar-refractivity contribution in [3.8, 4) is 0 Å². The summed E-state index contributed by atoms with van der Waals surface area (Å²) in [5.41, 5.74) is 1.64. The zero-order valence-corrected chi connectivity index (χ0v) is 17.4. The minimum Gasteiger partial charge on any atom is -0.354 e. The highest BCUT2D eigenvalue weighted by molar-refractivity contribution is 5.94. The fraction of sp³-hybridized carbons (Fsp3) is 0.500. The number of aromatic nitrogens is 2. The molecule has 0 saturated carbocycles. The molecule has 2 aromatic rings. The van der Waals surface area contributed by atoms with E-state index in [9.17, 15) is 4.79 Å². The quantitative estimate of drug-likeness (QED) is 0.770. The van der Waals surface area contributed by atoms with Crippen LogP contribution < -0.4 is 4.90 Å². The van der Waals surface area contributed by atoms with Gasteiger partial charge in [0.25, 0.3) is 5.91 Å². The lowest BCUT2D eigenvalue weighted by atomic mass is 10.1. The number of hydrogen-bond donors (Lipinski definition) is 0. The van der Waals surface area contributed by atoms with Crippen LogP contribution in [0.5, 0.6) is 0 Å². The number of anilines is 1. The maximum absolute atomic E-state index is 13.0. The number of hydrogen-bond acceptors (Lipinski definition) is 5. The summed E-state index contributed by atoms with van der Waals surface area (Å²) in [6.45, 7) is 9.82. The number of amides is 1. The average molecular weight is 382 g/mol. The van der Waals surface area contributed by atoms with Crippen LogP contribution in [0.2, 0.25) is 0 Å². The lowest BCUT2D eigenvalue weighted by Crippen LogP contribution is -2.56. The van der Waals surface area contributed by atoms with Gasteiger partial charge < -0.3 is 9.80 Å². The molecule has 0 aliphatic carbocycles. The van der Waals surface area contributed by atoms with Gasteiger partial charge in [0.1, 0.15) is 5.82 Å². The first kappa shape index (κ1) is 20.3. The van der Waals surface area contributed by atoms with E-state index in [0.29, 0.717) is 24.2 Å². The molecule has 150 valence electrons. The Morgan fingerprint density at radius 1 is 1.21 bits per heavy atom. The van der Waals surface area contributed by atoms with Crippen molar-refractivity contribution in [3.63, 3.8) is 0 Å². The third-order valence-electron chi connectivity index (χ3n) is 5.46. The van der Waals surface area contributed by atoms with Gasteiger partial charge in [-0.15, -0.1) is 0 Å². The van der Waals surface area contributed by atoms with Crippen molar-refractivity contribution < 1.29 is 4.79 Å². The molecule has 0 spiro atoms. The van der Waals surface area contributed by atoms with Gasteiger partial charge in [-0.2, -0.15) is 0 Å². The molecule has 1 atom stereocenters. The molecule has 2 aromatic heterocycles. The number of nitrogens with zero attached hydrogens (tertiary/aromatic N) is 5. The summed E-state index contributed by atoms with van der Waals surface area (Å²) in [5, 5.41) is 0. The van der Waals surface area contributed by atoms with Crippen LogP contribution in [-0.4, -0.2) is 64.4 Å². The van der Waals surface area contributed by atoms with Crippen molar-refractivity contribution >= 4 is 11.7 Å². The van der Waals surface area contributed by atoms with E-state index in [2.05, 4.69) is 35.6 Å². The summed E-state index contributed by atoms with van der Waals surface area (Å²) in [7, 11) is 1.98. The van der Waals surface area contributed by atoms with E-state index in [0.717, 1.165) is 37.6 Å². The number of rotatable bonds is 6. The van der Waals surface area contributed by atoms with Crippen molar-refractivity contribution in [2.45, 2.75) is 45.8 Å². The second kappa shape index (κ2) is 9.15. The Morgan fingerprint density at radius 3 is 2.64 bits per heavy atom. The van der Waals surface area contributed by atoms with Gasteiger partial charge in [0, 0.05) is 51.2 Å². The van der Waals surface area contributed by atoms with Gasteiger partial charge in [-0.25, -0.2) is 4.98 Å². The highest BCUT2D eigenvalue weighted by Crippen LogP contribution is 2.19. The van der Waals surface area contributed by atoms with Crippen LogP contribution in [-0.2, 0) is 6.54 Å². The molecule has 3 heterocycles. The maximum atomic E-state index is 13.0. The van der Waals surface area contributed by atoms with Crippen molar-refractivity contribution in [2.24, 2.45) is 0 Å². The molecule has 1 fully saturated rings. The Bertz CT molecular complexity index is 762. The van der Waals surface area contributed by atoms with Crippen molar-refractivity contribution in [1.29, 1.82) is 0 Å². The molecule has 1 amide bonds. The molecule has 0 radical (unpaired) electrons. The largest absolute Gasteiger partial charge is 0.354 e. The molecular weight excluding hydrogens is 350 g/mol. The Kier molecular flexibility index (Phi) is 6.62. The van der Waals surface area contributed by atoms with Crippen LogP contribution in [0.15, 0.2) is 42.7 Å². The van der Waals surface area contributed by atoms with E-state index in [1.165, 1.54) is 0 Å². The highest BCUT2D eigenvalue weighted by atomic mass is 16.2. The summed E-state index contributed by atoms with van der Waals surface area (Å²) in [6, 6.07) is 10.6. The Balaban J connectivity index is 1.63. The highest BCUT2D eigenvalue weighted by Gasteiger charge is 2.30. The second-order valence-corrected chi connectivity index (χ2v) is 7.73. The van der Waals surface area contributed by atoms with Gasteiger partial charge in [0.15, 0.2) is 0 Å².